The van der Waals surface area contributed by atoms with E-state index in [9.17, 15) is 0 Å². The molecule has 5 heteroatoms. The summed E-state index contributed by atoms with van der Waals surface area (Å²) in [5, 5.41) is 2.59. The van der Waals surface area contributed by atoms with Crippen LogP contribution >= 0.6 is 0 Å². The molecular formula is C24H34O3Si2. The largest absolute Gasteiger partial charge is 0.520 e. The molecule has 1 heterocycles. The molecule has 1 atom stereocenters. The molecule has 0 aromatic heterocycles. The Morgan fingerprint density at radius 3 is 1.86 bits per heavy atom. The summed E-state index contributed by atoms with van der Waals surface area (Å²) in [5.74, 6) is 0.892. The summed E-state index contributed by atoms with van der Waals surface area (Å²) in [5.41, 5.74) is 0. The van der Waals surface area contributed by atoms with Gasteiger partial charge in [0.25, 0.3) is 14.3 Å². The highest BCUT2D eigenvalue weighted by molar-refractivity contribution is 6.99. The van der Waals surface area contributed by atoms with Crippen molar-refractivity contribution in [1.82, 2.24) is 0 Å². The van der Waals surface area contributed by atoms with E-state index in [1.54, 1.807) is 0 Å². The predicted molar refractivity (Wildman–Crippen MR) is 126 cm³/mol. The lowest BCUT2D eigenvalue weighted by Crippen LogP contribution is -2.66. The van der Waals surface area contributed by atoms with Crippen molar-refractivity contribution < 1.29 is 13.6 Å². The number of hydrogen-bond donors (Lipinski definition) is 0. The van der Waals surface area contributed by atoms with E-state index < -0.39 is 16.6 Å². The van der Waals surface area contributed by atoms with E-state index in [1.165, 1.54) is 10.4 Å². The van der Waals surface area contributed by atoms with Gasteiger partial charge in [-0.1, -0.05) is 81.4 Å². The second-order valence-electron chi connectivity index (χ2n) is 9.75. The molecule has 156 valence electrons. The van der Waals surface area contributed by atoms with E-state index >= 15 is 0 Å². The van der Waals surface area contributed by atoms with Gasteiger partial charge in [-0.25, -0.2) is 0 Å². The zero-order valence-electron chi connectivity index (χ0n) is 18.6. The van der Waals surface area contributed by atoms with Gasteiger partial charge < -0.3 is 13.6 Å². The van der Waals surface area contributed by atoms with Crippen LogP contribution < -0.4 is 10.4 Å². The molecule has 29 heavy (non-hydrogen) atoms. The second kappa shape index (κ2) is 8.50. The summed E-state index contributed by atoms with van der Waals surface area (Å²) < 4.78 is 18.8. The molecule has 0 N–H and O–H groups in total. The molecular weight excluding hydrogens is 392 g/mol. The fourth-order valence-corrected chi connectivity index (χ4v) is 9.28. The van der Waals surface area contributed by atoms with Crippen LogP contribution in [-0.4, -0.2) is 29.8 Å². The maximum atomic E-state index is 7.00. The molecule has 0 fully saturated rings. The van der Waals surface area contributed by atoms with E-state index in [-0.39, 0.29) is 11.0 Å². The molecule has 0 spiro atoms. The molecule has 1 unspecified atom stereocenters. The van der Waals surface area contributed by atoms with Crippen molar-refractivity contribution >= 4 is 27.0 Å². The fourth-order valence-electron chi connectivity index (χ4n) is 3.93. The van der Waals surface area contributed by atoms with E-state index in [0.717, 1.165) is 0 Å². The van der Waals surface area contributed by atoms with Crippen LogP contribution in [0.1, 0.15) is 20.8 Å². The van der Waals surface area contributed by atoms with Crippen molar-refractivity contribution in [2.24, 2.45) is 5.92 Å². The molecule has 1 aliphatic rings. The minimum Gasteiger partial charge on any atom is -0.520 e. The Labute approximate surface area is 178 Å². The van der Waals surface area contributed by atoms with Crippen LogP contribution in [0, 0.1) is 5.92 Å². The van der Waals surface area contributed by atoms with Crippen LogP contribution in [0.5, 0.6) is 0 Å². The van der Waals surface area contributed by atoms with E-state index in [0.29, 0.717) is 19.2 Å². The molecule has 2 aromatic rings. The first-order valence-electron chi connectivity index (χ1n) is 10.4. The van der Waals surface area contributed by atoms with Crippen LogP contribution in [0.2, 0.25) is 24.7 Å². The van der Waals surface area contributed by atoms with Crippen LogP contribution in [0.3, 0.4) is 0 Å². The van der Waals surface area contributed by atoms with Crippen molar-refractivity contribution in [2.75, 3.05) is 13.2 Å². The Balaban J connectivity index is 1.93. The molecule has 0 saturated heterocycles. The Morgan fingerprint density at radius 2 is 1.41 bits per heavy atom. The Kier molecular flexibility index (Phi) is 6.41. The smallest absolute Gasteiger partial charge is 0.261 e. The van der Waals surface area contributed by atoms with Gasteiger partial charge >= 0.3 is 0 Å². The maximum Gasteiger partial charge on any atom is 0.261 e. The number of ether oxygens (including phenoxy) is 1. The van der Waals surface area contributed by atoms with E-state index in [4.69, 9.17) is 13.6 Å². The molecule has 1 aliphatic heterocycles. The fraction of sp³-hybridized carbons (Fsp3) is 0.417. The van der Waals surface area contributed by atoms with Gasteiger partial charge in [0.15, 0.2) is 0 Å². The van der Waals surface area contributed by atoms with Gasteiger partial charge in [-0.2, -0.15) is 0 Å². The van der Waals surface area contributed by atoms with E-state index in [1.807, 2.05) is 0 Å². The van der Waals surface area contributed by atoms with Crippen molar-refractivity contribution in [3.63, 3.8) is 0 Å². The van der Waals surface area contributed by atoms with Gasteiger partial charge in [0.2, 0.25) is 8.32 Å². The third-order valence-corrected chi connectivity index (χ3v) is 11.0. The van der Waals surface area contributed by atoms with Crippen LogP contribution in [-0.2, 0) is 13.6 Å². The third-order valence-electron chi connectivity index (χ3n) is 5.15. The zero-order valence-corrected chi connectivity index (χ0v) is 20.6. The van der Waals surface area contributed by atoms with Crippen LogP contribution in [0.15, 0.2) is 72.7 Å². The van der Waals surface area contributed by atoms with Gasteiger partial charge in [-0.3, -0.25) is 0 Å². The average Bonchev–Trinajstić information content (AvgIpc) is 3.08. The van der Waals surface area contributed by atoms with Crippen molar-refractivity contribution in [2.45, 2.75) is 45.5 Å². The van der Waals surface area contributed by atoms with Crippen molar-refractivity contribution in [3.05, 3.63) is 72.7 Å². The lowest BCUT2D eigenvalue weighted by Gasteiger charge is -2.43. The molecule has 3 nitrogen and oxygen atoms in total. The lowest BCUT2D eigenvalue weighted by molar-refractivity contribution is 0.108. The molecule has 0 saturated carbocycles. The zero-order chi connectivity index (χ0) is 21.1. The summed E-state index contributed by atoms with van der Waals surface area (Å²) in [6, 6.07) is 21.5. The Bertz CT molecular complexity index is 781. The molecule has 3 rings (SSSR count). The lowest BCUT2D eigenvalue weighted by atomic mass is 10.2. The average molecular weight is 427 g/mol. The topological polar surface area (TPSA) is 27.7 Å². The van der Waals surface area contributed by atoms with Gasteiger partial charge in [0, 0.05) is 18.6 Å². The third kappa shape index (κ3) is 5.02. The van der Waals surface area contributed by atoms with Gasteiger partial charge in [-0.15, -0.1) is 0 Å². The minimum absolute atomic E-state index is 0.0173. The monoisotopic (exact) mass is 426 g/mol. The first-order valence-corrected chi connectivity index (χ1v) is 15.7. The molecule has 0 radical (unpaired) electrons. The van der Waals surface area contributed by atoms with Crippen LogP contribution in [0.4, 0.5) is 0 Å². The first kappa shape index (κ1) is 21.9. The molecule has 0 bridgehead atoms. The van der Waals surface area contributed by atoms with Gasteiger partial charge in [-0.05, 0) is 35.1 Å². The highest BCUT2D eigenvalue weighted by atomic mass is 28.4. The molecule has 2 aromatic carbocycles. The minimum atomic E-state index is -2.50. The molecule has 0 amide bonds. The standard InChI is InChI=1S/C24H34O3Si2/c1-24(2,3)29(21-13-9-7-10-14-21,22-15-11-8-12-16-22)26-19-20-17-23(25-18-20)27-28(4,5)6/h7-17,20H,18-19H2,1-6H3. The SMILES string of the molecule is CC(C)(C)[Si](OCC1C=C(O[Si](C)(C)C)OC1)(c1ccccc1)c1ccccc1. The summed E-state index contributed by atoms with van der Waals surface area (Å²) >= 11 is 0. The number of rotatable bonds is 7. The van der Waals surface area contributed by atoms with Gasteiger partial charge in [0.1, 0.15) is 6.61 Å². The summed E-state index contributed by atoms with van der Waals surface area (Å²) in [6.07, 6.45) is 2.11. The molecule has 0 aliphatic carbocycles. The second-order valence-corrected chi connectivity index (χ2v) is 18.5. The predicted octanol–water partition coefficient (Wildman–Crippen LogP) is 4.90. The maximum absolute atomic E-state index is 7.00. The van der Waals surface area contributed by atoms with Crippen molar-refractivity contribution in [1.29, 1.82) is 0 Å². The highest BCUT2D eigenvalue weighted by Crippen LogP contribution is 2.37. The Morgan fingerprint density at radius 1 is 0.897 bits per heavy atom. The summed E-state index contributed by atoms with van der Waals surface area (Å²) in [4.78, 5) is 0. The quantitative estimate of drug-likeness (QED) is 0.589. The van der Waals surface area contributed by atoms with E-state index in [2.05, 4.69) is 107 Å². The Hall–Kier alpha value is -1.83. The van der Waals surface area contributed by atoms with Crippen molar-refractivity contribution in [3.8, 4) is 0 Å². The number of hydrogen-bond acceptors (Lipinski definition) is 3. The number of benzene rings is 2. The highest BCUT2D eigenvalue weighted by Gasteiger charge is 2.50. The van der Waals surface area contributed by atoms with Gasteiger partial charge in [0.05, 0.1) is 0 Å². The first-order chi connectivity index (χ1) is 13.6. The summed E-state index contributed by atoms with van der Waals surface area (Å²) in [7, 11) is -4.17. The summed E-state index contributed by atoms with van der Waals surface area (Å²) in [6.45, 7) is 14.7. The van der Waals surface area contributed by atoms with Crippen LogP contribution in [0.25, 0.3) is 0 Å². The normalized spacial score (nSPS) is 17.6.